The molecule has 22 heavy (non-hydrogen) atoms. The first-order chi connectivity index (χ1) is 10.6. The molecule has 1 N–H and O–H groups in total. The molecule has 2 rings (SSSR count). The predicted molar refractivity (Wildman–Crippen MR) is 78.4 cm³/mol. The molecule has 4 nitrogen and oxygen atoms in total. The standard InChI is InChI=1S/C16H23F2NO3/c1-20-16(21-2)7-9-22-11-12(16)6-8-19-10-13-14(17)4-3-5-15(13)18/h3-5,12,19H,6-11H2,1-2H3/t12-/m0/s1. The van der Waals surface area contributed by atoms with Gasteiger partial charge in [-0.2, -0.15) is 0 Å². The van der Waals surface area contributed by atoms with Gasteiger partial charge >= 0.3 is 0 Å². The van der Waals surface area contributed by atoms with Gasteiger partial charge in [-0.15, -0.1) is 0 Å². The summed E-state index contributed by atoms with van der Waals surface area (Å²) in [5.41, 5.74) is 0.0622. The molecular formula is C16H23F2NO3. The van der Waals surface area contributed by atoms with E-state index in [1.807, 2.05) is 0 Å². The highest BCUT2D eigenvalue weighted by atomic mass is 19.1. The van der Waals surface area contributed by atoms with Gasteiger partial charge in [0.2, 0.25) is 0 Å². The van der Waals surface area contributed by atoms with Crippen molar-refractivity contribution in [2.45, 2.75) is 25.2 Å². The zero-order valence-corrected chi connectivity index (χ0v) is 13.0. The van der Waals surface area contributed by atoms with E-state index in [1.54, 1.807) is 14.2 Å². The molecule has 1 heterocycles. The van der Waals surface area contributed by atoms with Crippen LogP contribution in [0, 0.1) is 17.6 Å². The molecule has 1 fully saturated rings. The number of nitrogens with one attached hydrogen (secondary N) is 1. The Morgan fingerprint density at radius 3 is 2.59 bits per heavy atom. The molecule has 0 unspecified atom stereocenters. The van der Waals surface area contributed by atoms with Gasteiger partial charge in [0.1, 0.15) is 11.6 Å². The average Bonchev–Trinajstić information content (AvgIpc) is 2.54. The zero-order valence-electron chi connectivity index (χ0n) is 13.0. The lowest BCUT2D eigenvalue weighted by molar-refractivity contribution is -0.276. The maximum Gasteiger partial charge on any atom is 0.174 e. The third kappa shape index (κ3) is 3.81. The van der Waals surface area contributed by atoms with Crippen molar-refractivity contribution in [2.75, 3.05) is 34.0 Å². The lowest BCUT2D eigenvalue weighted by atomic mass is 9.91. The van der Waals surface area contributed by atoms with Gasteiger partial charge in [-0.25, -0.2) is 8.78 Å². The molecule has 0 saturated carbocycles. The van der Waals surface area contributed by atoms with E-state index in [9.17, 15) is 8.78 Å². The van der Waals surface area contributed by atoms with Crippen LogP contribution in [-0.4, -0.2) is 39.8 Å². The third-order valence-electron chi connectivity index (χ3n) is 4.26. The summed E-state index contributed by atoms with van der Waals surface area (Å²) < 4.78 is 43.6. The highest BCUT2D eigenvalue weighted by Gasteiger charge is 2.41. The molecule has 0 radical (unpaired) electrons. The summed E-state index contributed by atoms with van der Waals surface area (Å²) in [6, 6.07) is 3.88. The van der Waals surface area contributed by atoms with Gasteiger partial charge in [-0.05, 0) is 25.1 Å². The molecule has 1 aliphatic heterocycles. The van der Waals surface area contributed by atoms with E-state index in [2.05, 4.69) is 5.32 Å². The fourth-order valence-corrected chi connectivity index (χ4v) is 2.89. The first kappa shape index (κ1) is 17.3. The van der Waals surface area contributed by atoms with Crippen LogP contribution in [0.4, 0.5) is 8.78 Å². The molecule has 0 bridgehead atoms. The SMILES string of the molecule is COC1(OC)CCOC[C@@H]1CCNCc1c(F)cccc1F. The molecule has 1 saturated heterocycles. The minimum absolute atomic E-state index is 0.0622. The molecule has 0 amide bonds. The Labute approximate surface area is 129 Å². The van der Waals surface area contributed by atoms with Gasteiger partial charge in [-0.1, -0.05) is 6.07 Å². The van der Waals surface area contributed by atoms with E-state index in [1.165, 1.54) is 18.2 Å². The van der Waals surface area contributed by atoms with Crippen LogP contribution in [0.1, 0.15) is 18.4 Å². The van der Waals surface area contributed by atoms with Crippen LogP contribution in [0.15, 0.2) is 18.2 Å². The Bertz CT molecular complexity index is 460. The van der Waals surface area contributed by atoms with Crippen molar-refractivity contribution in [2.24, 2.45) is 5.92 Å². The van der Waals surface area contributed by atoms with Gasteiger partial charge in [-0.3, -0.25) is 0 Å². The topological polar surface area (TPSA) is 39.7 Å². The van der Waals surface area contributed by atoms with Crippen LogP contribution >= 0.6 is 0 Å². The molecule has 1 aliphatic rings. The summed E-state index contributed by atoms with van der Waals surface area (Å²) >= 11 is 0. The predicted octanol–water partition coefficient (Wildman–Crippen LogP) is 2.47. The number of methoxy groups -OCH3 is 2. The van der Waals surface area contributed by atoms with Crippen LogP contribution in [-0.2, 0) is 20.8 Å². The maximum atomic E-state index is 13.5. The van der Waals surface area contributed by atoms with E-state index in [-0.39, 0.29) is 18.0 Å². The van der Waals surface area contributed by atoms with E-state index in [0.29, 0.717) is 26.2 Å². The quantitative estimate of drug-likeness (QED) is 0.620. The van der Waals surface area contributed by atoms with Crippen molar-refractivity contribution in [1.29, 1.82) is 0 Å². The Hall–Kier alpha value is -1.08. The lowest BCUT2D eigenvalue weighted by Gasteiger charge is -2.41. The second kappa shape index (κ2) is 7.97. The molecule has 1 atom stereocenters. The summed E-state index contributed by atoms with van der Waals surface area (Å²) in [6.07, 6.45) is 1.41. The minimum atomic E-state index is -0.636. The zero-order chi connectivity index (χ0) is 16.0. The van der Waals surface area contributed by atoms with Crippen molar-refractivity contribution in [1.82, 2.24) is 5.32 Å². The molecule has 0 spiro atoms. The fraction of sp³-hybridized carbons (Fsp3) is 0.625. The smallest absolute Gasteiger partial charge is 0.174 e. The first-order valence-corrected chi connectivity index (χ1v) is 7.44. The van der Waals surface area contributed by atoms with Crippen molar-refractivity contribution < 1.29 is 23.0 Å². The van der Waals surface area contributed by atoms with Crippen molar-refractivity contribution in [3.05, 3.63) is 35.4 Å². The van der Waals surface area contributed by atoms with E-state index in [4.69, 9.17) is 14.2 Å². The highest BCUT2D eigenvalue weighted by molar-refractivity contribution is 5.19. The number of halogens is 2. The van der Waals surface area contributed by atoms with Crippen molar-refractivity contribution in [3.63, 3.8) is 0 Å². The first-order valence-electron chi connectivity index (χ1n) is 7.44. The van der Waals surface area contributed by atoms with E-state index in [0.717, 1.165) is 6.42 Å². The Morgan fingerprint density at radius 1 is 1.27 bits per heavy atom. The summed E-state index contributed by atoms with van der Waals surface area (Å²) in [5.74, 6) is -1.62. The summed E-state index contributed by atoms with van der Waals surface area (Å²) in [7, 11) is 3.26. The normalized spacial score (nSPS) is 21.0. The van der Waals surface area contributed by atoms with Crippen LogP contribution in [0.5, 0.6) is 0 Å². The Kier molecular flexibility index (Phi) is 6.26. The molecule has 0 aromatic heterocycles. The molecule has 1 aromatic rings. The number of hydrogen-bond acceptors (Lipinski definition) is 4. The molecular weight excluding hydrogens is 292 g/mol. The average molecular weight is 315 g/mol. The van der Waals surface area contributed by atoms with Crippen LogP contribution in [0.25, 0.3) is 0 Å². The van der Waals surface area contributed by atoms with Crippen LogP contribution in [0.2, 0.25) is 0 Å². The van der Waals surface area contributed by atoms with Gasteiger partial charge < -0.3 is 19.5 Å². The van der Waals surface area contributed by atoms with Crippen molar-refractivity contribution in [3.8, 4) is 0 Å². The largest absolute Gasteiger partial charge is 0.381 e. The second-order valence-electron chi connectivity index (χ2n) is 5.41. The Morgan fingerprint density at radius 2 is 1.95 bits per heavy atom. The number of hydrogen-bond donors (Lipinski definition) is 1. The summed E-state index contributed by atoms with van der Waals surface area (Å²) in [5, 5.41) is 3.07. The monoisotopic (exact) mass is 315 g/mol. The second-order valence-corrected chi connectivity index (χ2v) is 5.41. The number of rotatable bonds is 7. The van der Waals surface area contributed by atoms with E-state index < -0.39 is 17.4 Å². The van der Waals surface area contributed by atoms with E-state index >= 15 is 0 Å². The fourth-order valence-electron chi connectivity index (χ4n) is 2.89. The third-order valence-corrected chi connectivity index (χ3v) is 4.26. The van der Waals surface area contributed by atoms with Crippen LogP contribution in [0.3, 0.4) is 0 Å². The molecule has 6 heteroatoms. The van der Waals surface area contributed by atoms with Gasteiger partial charge in [0.15, 0.2) is 5.79 Å². The number of benzene rings is 1. The molecule has 124 valence electrons. The summed E-state index contributed by atoms with van der Waals surface area (Å²) in [4.78, 5) is 0. The molecule has 0 aliphatic carbocycles. The lowest BCUT2D eigenvalue weighted by Crippen LogP contribution is -2.49. The highest BCUT2D eigenvalue weighted by Crippen LogP contribution is 2.32. The van der Waals surface area contributed by atoms with Gasteiger partial charge in [0, 0.05) is 38.7 Å². The van der Waals surface area contributed by atoms with Crippen LogP contribution < -0.4 is 5.32 Å². The van der Waals surface area contributed by atoms with Gasteiger partial charge in [0.05, 0.1) is 13.2 Å². The van der Waals surface area contributed by atoms with Crippen molar-refractivity contribution >= 4 is 0 Å². The van der Waals surface area contributed by atoms with Gasteiger partial charge in [0.25, 0.3) is 0 Å². The Balaban J connectivity index is 1.85. The number of ether oxygens (including phenoxy) is 3. The molecule has 1 aromatic carbocycles. The summed E-state index contributed by atoms with van der Waals surface area (Å²) in [6.45, 7) is 1.90. The minimum Gasteiger partial charge on any atom is -0.381 e. The maximum absolute atomic E-state index is 13.5.